The number of hydrogen-bond acceptors (Lipinski definition) is 7. The first-order valence-electron chi connectivity index (χ1n) is 11.1. The number of carbonyl (C=O) groups excluding carboxylic acids is 2. The van der Waals surface area contributed by atoms with Crippen LogP contribution in [0.5, 0.6) is 0 Å². The Morgan fingerprint density at radius 2 is 1.92 bits per heavy atom. The molecule has 2 aromatic carbocycles. The van der Waals surface area contributed by atoms with Gasteiger partial charge in [-0.25, -0.2) is 22.4 Å². The molecule has 2 amide bonds. The average molecular weight is 559 g/mol. The van der Waals surface area contributed by atoms with Crippen molar-refractivity contribution in [2.24, 2.45) is 0 Å². The second kappa shape index (κ2) is 13.2. The lowest BCUT2D eigenvalue weighted by Crippen LogP contribution is -2.46. The zero-order valence-corrected chi connectivity index (χ0v) is 20.4. The summed E-state index contributed by atoms with van der Waals surface area (Å²) in [7, 11) is 0. The van der Waals surface area contributed by atoms with E-state index in [1.54, 1.807) is 12.1 Å². The summed E-state index contributed by atoms with van der Waals surface area (Å²) in [5, 5.41) is 19.7. The molecule has 0 fully saturated rings. The molecular formula is C24H23ClF4N4O5. The van der Waals surface area contributed by atoms with Crippen LogP contribution in [0.1, 0.15) is 12.0 Å². The number of aliphatic hydroxyl groups excluding tert-OH is 1. The number of anilines is 1. The highest BCUT2D eigenvalue weighted by Crippen LogP contribution is 2.23. The largest absolute Gasteiger partial charge is 0.447 e. The molecule has 1 atom stereocenters. The Hall–Kier alpha value is -3.68. The van der Waals surface area contributed by atoms with E-state index in [0.717, 1.165) is 0 Å². The van der Waals surface area contributed by atoms with Crippen molar-refractivity contribution < 1.29 is 41.5 Å². The summed E-state index contributed by atoms with van der Waals surface area (Å²) in [6.07, 6.45) is -2.12. The minimum Gasteiger partial charge on any atom is -0.447 e. The van der Waals surface area contributed by atoms with Crippen LogP contribution in [0.15, 0.2) is 53.1 Å². The van der Waals surface area contributed by atoms with Gasteiger partial charge < -0.3 is 25.0 Å². The highest BCUT2D eigenvalue weighted by Gasteiger charge is 2.33. The number of hydrogen-bond donors (Lipinski definition) is 4. The Morgan fingerprint density at radius 1 is 1.16 bits per heavy atom. The fourth-order valence-electron chi connectivity index (χ4n) is 3.28. The normalized spacial score (nSPS) is 12.2. The number of aliphatic hydroxyl groups is 1. The van der Waals surface area contributed by atoms with Crippen LogP contribution < -0.4 is 16.0 Å². The molecule has 4 N–H and O–H groups in total. The summed E-state index contributed by atoms with van der Waals surface area (Å²) in [6.45, 7) is -2.48. The third kappa shape index (κ3) is 8.71. The Morgan fingerprint density at radius 3 is 2.66 bits per heavy atom. The van der Waals surface area contributed by atoms with Gasteiger partial charge in [-0.3, -0.25) is 10.1 Å². The maximum absolute atomic E-state index is 13.8. The first-order chi connectivity index (χ1) is 18.1. The zero-order valence-electron chi connectivity index (χ0n) is 19.6. The van der Waals surface area contributed by atoms with Crippen LogP contribution in [0, 0.1) is 11.6 Å². The first-order valence-corrected chi connectivity index (χ1v) is 11.5. The minimum atomic E-state index is -3.56. The van der Waals surface area contributed by atoms with Gasteiger partial charge in [0.1, 0.15) is 30.5 Å². The number of ether oxygens (including phenoxy) is 1. The van der Waals surface area contributed by atoms with Crippen LogP contribution in [0.4, 0.5) is 28.2 Å². The highest BCUT2D eigenvalue weighted by atomic mass is 35.5. The van der Waals surface area contributed by atoms with Gasteiger partial charge in [0.15, 0.2) is 0 Å². The lowest BCUT2D eigenvalue weighted by molar-refractivity contribution is -0.122. The van der Waals surface area contributed by atoms with Gasteiger partial charge in [-0.05, 0) is 23.8 Å². The molecule has 3 aromatic rings. The van der Waals surface area contributed by atoms with Gasteiger partial charge in [0.2, 0.25) is 11.8 Å². The van der Waals surface area contributed by atoms with Crippen molar-refractivity contribution in [2.75, 3.05) is 25.1 Å². The van der Waals surface area contributed by atoms with E-state index in [4.69, 9.17) is 26.0 Å². The van der Waals surface area contributed by atoms with Gasteiger partial charge in [-0.15, -0.1) is 0 Å². The molecule has 1 aromatic heterocycles. The van der Waals surface area contributed by atoms with Crippen molar-refractivity contribution in [1.82, 2.24) is 15.8 Å². The lowest BCUT2D eigenvalue weighted by atomic mass is 10.1. The summed E-state index contributed by atoms with van der Waals surface area (Å²) in [5.41, 5.74) is 0.993. The quantitative estimate of drug-likeness (QED) is 0.246. The van der Waals surface area contributed by atoms with Crippen LogP contribution in [0.2, 0.25) is 5.02 Å². The smallest absolute Gasteiger partial charge is 0.414 e. The van der Waals surface area contributed by atoms with E-state index in [1.165, 1.54) is 36.4 Å². The first kappa shape index (κ1) is 28.9. The van der Waals surface area contributed by atoms with E-state index >= 15 is 0 Å². The molecule has 0 saturated heterocycles. The summed E-state index contributed by atoms with van der Waals surface area (Å²) < 4.78 is 64.4. The maximum atomic E-state index is 13.8. The Bertz CT molecular complexity index is 1260. The predicted molar refractivity (Wildman–Crippen MR) is 129 cm³/mol. The SMILES string of the molecule is O=C(CNCc1cccc(F)c1Cl)N[C@H](COC(=O)Nc1cc(-c2cccc(F)c2)no1)CC(F)(F)CO. The molecule has 0 radical (unpaired) electrons. The number of amides is 2. The van der Waals surface area contributed by atoms with Crippen molar-refractivity contribution in [2.45, 2.75) is 24.9 Å². The van der Waals surface area contributed by atoms with E-state index in [2.05, 4.69) is 21.1 Å². The number of nitrogens with one attached hydrogen (secondary N) is 3. The molecule has 0 aliphatic rings. The molecule has 0 spiro atoms. The number of rotatable bonds is 12. The summed E-state index contributed by atoms with van der Waals surface area (Å²) in [5.74, 6) is -5.58. The van der Waals surface area contributed by atoms with E-state index in [9.17, 15) is 27.2 Å². The number of nitrogens with zero attached hydrogens (tertiary/aromatic N) is 1. The van der Waals surface area contributed by atoms with Gasteiger partial charge >= 0.3 is 6.09 Å². The van der Waals surface area contributed by atoms with Crippen molar-refractivity contribution in [3.05, 3.63) is 70.8 Å². The zero-order chi connectivity index (χ0) is 27.7. The Kier molecular flexibility index (Phi) is 10.0. The van der Waals surface area contributed by atoms with Crippen molar-refractivity contribution in [3.63, 3.8) is 0 Å². The molecule has 1 heterocycles. The van der Waals surface area contributed by atoms with Gasteiger partial charge in [-0.1, -0.05) is 41.0 Å². The maximum Gasteiger partial charge on any atom is 0.414 e. The average Bonchev–Trinajstić information content (AvgIpc) is 3.33. The third-order valence-electron chi connectivity index (χ3n) is 5.05. The van der Waals surface area contributed by atoms with Crippen LogP contribution in [0.25, 0.3) is 11.3 Å². The molecular weight excluding hydrogens is 536 g/mol. The molecule has 0 unspecified atom stereocenters. The fraction of sp³-hybridized carbons (Fsp3) is 0.292. The molecule has 0 aliphatic carbocycles. The van der Waals surface area contributed by atoms with Crippen LogP contribution >= 0.6 is 11.6 Å². The fourth-order valence-corrected chi connectivity index (χ4v) is 3.47. The monoisotopic (exact) mass is 558 g/mol. The number of carbonyl (C=O) groups is 2. The number of aromatic nitrogens is 1. The molecule has 0 saturated carbocycles. The molecule has 9 nitrogen and oxygen atoms in total. The summed E-state index contributed by atoms with van der Waals surface area (Å²) >= 11 is 5.85. The highest BCUT2D eigenvalue weighted by molar-refractivity contribution is 6.31. The van der Waals surface area contributed by atoms with Crippen LogP contribution in [-0.2, 0) is 16.1 Å². The molecule has 0 bridgehead atoms. The Balaban J connectivity index is 1.52. The number of benzene rings is 2. The number of alkyl halides is 2. The summed E-state index contributed by atoms with van der Waals surface area (Å²) in [6, 6.07) is 9.56. The van der Waals surface area contributed by atoms with E-state index in [-0.39, 0.29) is 29.7 Å². The van der Waals surface area contributed by atoms with Gasteiger partial charge in [0, 0.05) is 24.6 Å². The molecule has 0 aliphatic heterocycles. The predicted octanol–water partition coefficient (Wildman–Crippen LogP) is 4.11. The van der Waals surface area contributed by atoms with E-state index in [0.29, 0.717) is 11.1 Å². The summed E-state index contributed by atoms with van der Waals surface area (Å²) in [4.78, 5) is 24.4. The van der Waals surface area contributed by atoms with Gasteiger partial charge in [-0.2, -0.15) is 0 Å². The third-order valence-corrected chi connectivity index (χ3v) is 5.47. The standard InChI is InChI=1S/C24H23ClF4N4O5/c25-22-15(4-2-6-18(22)27)10-30-11-20(35)31-17(9-24(28,29)13-34)12-37-23(36)32-21-8-19(33-38-21)14-3-1-5-16(26)7-14/h1-8,17,30,34H,9-13H2,(H,31,35)(H,32,36)/t17-/m0/s1. The second-order valence-electron chi connectivity index (χ2n) is 8.11. The second-order valence-corrected chi connectivity index (χ2v) is 8.49. The van der Waals surface area contributed by atoms with E-state index < -0.39 is 55.2 Å². The minimum absolute atomic E-state index is 0.0230. The molecule has 3 rings (SSSR count). The lowest BCUT2D eigenvalue weighted by Gasteiger charge is -2.23. The van der Waals surface area contributed by atoms with Crippen molar-refractivity contribution in [1.29, 1.82) is 0 Å². The molecule has 38 heavy (non-hydrogen) atoms. The van der Waals surface area contributed by atoms with Crippen molar-refractivity contribution >= 4 is 29.5 Å². The van der Waals surface area contributed by atoms with E-state index in [1.807, 2.05) is 0 Å². The molecule has 204 valence electrons. The topological polar surface area (TPSA) is 126 Å². The van der Waals surface area contributed by atoms with Gasteiger partial charge in [0.05, 0.1) is 17.6 Å². The van der Waals surface area contributed by atoms with Crippen LogP contribution in [0.3, 0.4) is 0 Å². The van der Waals surface area contributed by atoms with Crippen molar-refractivity contribution in [3.8, 4) is 11.3 Å². The molecule has 14 heteroatoms. The van der Waals surface area contributed by atoms with Gasteiger partial charge in [0.25, 0.3) is 5.92 Å². The number of halogens is 5. The van der Waals surface area contributed by atoms with Crippen LogP contribution in [-0.4, -0.2) is 54.0 Å². The Labute approximate surface area is 219 Å².